The standard InChI is InChI=1S/C7H8F2/c8-6-3-1-2-4-7(9)5-6/h1,3,5,7H,2,4H2. The summed E-state index contributed by atoms with van der Waals surface area (Å²) in [6.45, 7) is 0. The normalized spacial score (nSPS) is 27.3. The molecule has 0 saturated carbocycles. The fraction of sp³-hybridized carbons (Fsp3) is 0.429. The van der Waals surface area contributed by atoms with Gasteiger partial charge in [-0.05, 0) is 25.0 Å². The van der Waals surface area contributed by atoms with E-state index < -0.39 is 12.0 Å². The average Bonchev–Trinajstić information content (AvgIpc) is 1.93. The van der Waals surface area contributed by atoms with Crippen LogP contribution in [0.3, 0.4) is 0 Å². The maximum atomic E-state index is 12.3. The second-order valence-corrected chi connectivity index (χ2v) is 2.05. The molecule has 9 heavy (non-hydrogen) atoms. The van der Waals surface area contributed by atoms with Crippen molar-refractivity contribution in [1.29, 1.82) is 0 Å². The molecule has 0 fully saturated rings. The third-order valence-electron chi connectivity index (χ3n) is 1.23. The minimum Gasteiger partial charge on any atom is -0.243 e. The average molecular weight is 130 g/mol. The van der Waals surface area contributed by atoms with Gasteiger partial charge in [0.1, 0.15) is 12.0 Å². The number of hydrogen-bond donors (Lipinski definition) is 0. The van der Waals surface area contributed by atoms with Crippen LogP contribution in [0.4, 0.5) is 8.78 Å². The van der Waals surface area contributed by atoms with Gasteiger partial charge in [0, 0.05) is 0 Å². The van der Waals surface area contributed by atoms with Crippen molar-refractivity contribution in [3.63, 3.8) is 0 Å². The molecule has 2 heteroatoms. The molecule has 1 unspecified atom stereocenters. The van der Waals surface area contributed by atoms with Gasteiger partial charge in [-0.15, -0.1) is 0 Å². The lowest BCUT2D eigenvalue weighted by Crippen LogP contribution is -1.91. The summed E-state index contributed by atoms with van der Waals surface area (Å²) in [5.41, 5.74) is 0. The first-order valence-electron chi connectivity index (χ1n) is 2.97. The summed E-state index contributed by atoms with van der Waals surface area (Å²) < 4.78 is 24.6. The molecule has 0 N–H and O–H groups in total. The monoisotopic (exact) mass is 130 g/mol. The predicted molar refractivity (Wildman–Crippen MR) is 32.5 cm³/mol. The highest BCUT2D eigenvalue weighted by atomic mass is 19.1. The molecule has 0 aromatic rings. The Hall–Kier alpha value is -0.660. The van der Waals surface area contributed by atoms with E-state index in [2.05, 4.69) is 0 Å². The first-order valence-corrected chi connectivity index (χ1v) is 2.97. The Balaban J connectivity index is 2.62. The van der Waals surface area contributed by atoms with Crippen LogP contribution in [-0.4, -0.2) is 6.17 Å². The van der Waals surface area contributed by atoms with Crippen molar-refractivity contribution in [3.8, 4) is 0 Å². The molecule has 0 bridgehead atoms. The fourth-order valence-corrected chi connectivity index (χ4v) is 0.763. The summed E-state index contributed by atoms with van der Waals surface area (Å²) in [6, 6.07) is 0. The van der Waals surface area contributed by atoms with Gasteiger partial charge in [0.05, 0.1) is 0 Å². The number of hydrogen-bond acceptors (Lipinski definition) is 0. The molecule has 0 aromatic heterocycles. The van der Waals surface area contributed by atoms with Crippen LogP contribution < -0.4 is 0 Å². The quantitative estimate of drug-likeness (QED) is 0.472. The van der Waals surface area contributed by atoms with Crippen molar-refractivity contribution in [2.24, 2.45) is 0 Å². The molecule has 0 spiro atoms. The SMILES string of the molecule is FC1=CC(F)CCC=C1. The van der Waals surface area contributed by atoms with E-state index in [9.17, 15) is 8.78 Å². The van der Waals surface area contributed by atoms with Gasteiger partial charge in [-0.2, -0.15) is 0 Å². The van der Waals surface area contributed by atoms with Crippen LogP contribution in [0.2, 0.25) is 0 Å². The Bertz CT molecular complexity index is 147. The van der Waals surface area contributed by atoms with Gasteiger partial charge in [0.15, 0.2) is 0 Å². The number of allylic oxidation sites excluding steroid dienone is 4. The van der Waals surface area contributed by atoms with Gasteiger partial charge >= 0.3 is 0 Å². The van der Waals surface area contributed by atoms with Gasteiger partial charge in [-0.3, -0.25) is 0 Å². The topological polar surface area (TPSA) is 0 Å². The van der Waals surface area contributed by atoms with E-state index in [0.29, 0.717) is 12.8 Å². The van der Waals surface area contributed by atoms with Gasteiger partial charge in [-0.25, -0.2) is 8.78 Å². The molecule has 0 aromatic carbocycles. The third kappa shape index (κ3) is 1.96. The smallest absolute Gasteiger partial charge is 0.122 e. The molecule has 1 aliphatic rings. The number of alkyl halides is 1. The Kier molecular flexibility index (Phi) is 1.98. The molecular weight excluding hydrogens is 122 g/mol. The second kappa shape index (κ2) is 2.76. The maximum absolute atomic E-state index is 12.3. The minimum absolute atomic E-state index is 0.407. The molecule has 0 radical (unpaired) electrons. The zero-order valence-electron chi connectivity index (χ0n) is 4.98. The first kappa shape index (κ1) is 6.46. The molecule has 0 amide bonds. The number of rotatable bonds is 0. The molecule has 1 aliphatic carbocycles. The van der Waals surface area contributed by atoms with Crippen LogP contribution in [0.5, 0.6) is 0 Å². The Labute approximate surface area is 52.9 Å². The van der Waals surface area contributed by atoms with Crippen LogP contribution >= 0.6 is 0 Å². The van der Waals surface area contributed by atoms with E-state index in [-0.39, 0.29) is 0 Å². The van der Waals surface area contributed by atoms with Crippen molar-refractivity contribution in [2.75, 3.05) is 0 Å². The molecule has 0 heterocycles. The van der Waals surface area contributed by atoms with Gasteiger partial charge in [0.25, 0.3) is 0 Å². The maximum Gasteiger partial charge on any atom is 0.122 e. The van der Waals surface area contributed by atoms with Crippen molar-refractivity contribution in [2.45, 2.75) is 19.0 Å². The largest absolute Gasteiger partial charge is 0.243 e. The lowest BCUT2D eigenvalue weighted by molar-refractivity contribution is 0.377. The molecule has 1 rings (SSSR count). The summed E-state index contributed by atoms with van der Waals surface area (Å²) in [5, 5.41) is 0. The van der Waals surface area contributed by atoms with E-state index in [1.807, 2.05) is 0 Å². The Morgan fingerprint density at radius 1 is 1.56 bits per heavy atom. The summed E-state index contributed by atoms with van der Waals surface area (Å²) in [4.78, 5) is 0. The Morgan fingerprint density at radius 2 is 2.33 bits per heavy atom. The molecule has 0 aliphatic heterocycles. The van der Waals surface area contributed by atoms with E-state index in [1.54, 1.807) is 6.08 Å². The summed E-state index contributed by atoms with van der Waals surface area (Å²) >= 11 is 0. The van der Waals surface area contributed by atoms with Crippen molar-refractivity contribution < 1.29 is 8.78 Å². The van der Waals surface area contributed by atoms with Gasteiger partial charge in [0.2, 0.25) is 0 Å². The van der Waals surface area contributed by atoms with Crippen LogP contribution in [0.15, 0.2) is 24.1 Å². The Morgan fingerprint density at radius 3 is 3.11 bits per heavy atom. The zero-order valence-corrected chi connectivity index (χ0v) is 4.98. The molecule has 0 saturated heterocycles. The molecule has 1 atom stereocenters. The lowest BCUT2D eigenvalue weighted by Gasteiger charge is -1.94. The highest BCUT2D eigenvalue weighted by molar-refractivity contribution is 5.15. The van der Waals surface area contributed by atoms with E-state index in [0.717, 1.165) is 6.08 Å². The second-order valence-electron chi connectivity index (χ2n) is 2.05. The van der Waals surface area contributed by atoms with Crippen molar-refractivity contribution in [1.82, 2.24) is 0 Å². The summed E-state index contributed by atoms with van der Waals surface area (Å²) in [7, 11) is 0. The summed E-state index contributed by atoms with van der Waals surface area (Å²) in [6.07, 6.45) is 3.89. The summed E-state index contributed by atoms with van der Waals surface area (Å²) in [5.74, 6) is -0.458. The van der Waals surface area contributed by atoms with E-state index in [4.69, 9.17) is 0 Å². The third-order valence-corrected chi connectivity index (χ3v) is 1.23. The highest BCUT2D eigenvalue weighted by Gasteiger charge is 2.04. The van der Waals surface area contributed by atoms with Crippen LogP contribution in [0.1, 0.15) is 12.8 Å². The molecule has 50 valence electrons. The van der Waals surface area contributed by atoms with Crippen molar-refractivity contribution >= 4 is 0 Å². The predicted octanol–water partition coefficient (Wildman–Crippen LogP) is 2.53. The van der Waals surface area contributed by atoms with Crippen LogP contribution in [0, 0.1) is 0 Å². The first-order chi connectivity index (χ1) is 4.29. The van der Waals surface area contributed by atoms with Crippen LogP contribution in [0.25, 0.3) is 0 Å². The van der Waals surface area contributed by atoms with Crippen molar-refractivity contribution in [3.05, 3.63) is 24.1 Å². The molecule has 0 nitrogen and oxygen atoms in total. The van der Waals surface area contributed by atoms with Crippen LogP contribution in [-0.2, 0) is 0 Å². The van der Waals surface area contributed by atoms with Gasteiger partial charge in [-0.1, -0.05) is 6.08 Å². The van der Waals surface area contributed by atoms with E-state index in [1.165, 1.54) is 6.08 Å². The van der Waals surface area contributed by atoms with Gasteiger partial charge < -0.3 is 0 Å². The minimum atomic E-state index is -1.10. The zero-order chi connectivity index (χ0) is 6.69. The lowest BCUT2D eigenvalue weighted by atomic mass is 10.2. The van der Waals surface area contributed by atoms with E-state index >= 15 is 0 Å². The number of halogens is 2. The highest BCUT2D eigenvalue weighted by Crippen LogP contribution is 2.13. The fourth-order valence-electron chi connectivity index (χ4n) is 0.763. The molecular formula is C7H8F2.